The standard InChI is InChI=1S/C26H29FN6O/c1-25(2)13-26(3,4)15-33(14-25)22-7-6-20(29-30-22)24-21(34)10-17(11-28-24)16-8-18-12-32(5)31-23(18)19(27)9-16/h6-12,34H,13-15H2,1-5H3. The van der Waals surface area contributed by atoms with Gasteiger partial charge in [-0.25, -0.2) is 9.37 Å². The first kappa shape index (κ1) is 22.3. The van der Waals surface area contributed by atoms with E-state index in [1.807, 2.05) is 18.2 Å². The molecule has 5 rings (SSSR count). The first-order valence-electron chi connectivity index (χ1n) is 11.4. The summed E-state index contributed by atoms with van der Waals surface area (Å²) in [5.74, 6) is 0.370. The fraction of sp³-hybridized carbons (Fsp3) is 0.385. The summed E-state index contributed by atoms with van der Waals surface area (Å²) < 4.78 is 16.1. The molecule has 34 heavy (non-hydrogen) atoms. The van der Waals surface area contributed by atoms with Crippen molar-refractivity contribution in [3.63, 3.8) is 0 Å². The van der Waals surface area contributed by atoms with E-state index >= 15 is 0 Å². The lowest BCUT2D eigenvalue weighted by molar-refractivity contribution is 0.158. The second-order valence-electron chi connectivity index (χ2n) is 10.9. The molecule has 0 bridgehead atoms. The van der Waals surface area contributed by atoms with E-state index in [9.17, 15) is 9.50 Å². The number of aromatic hydroxyl groups is 1. The highest BCUT2D eigenvalue weighted by Gasteiger charge is 2.37. The number of anilines is 1. The first-order chi connectivity index (χ1) is 16.0. The Morgan fingerprint density at radius 3 is 2.35 bits per heavy atom. The van der Waals surface area contributed by atoms with Crippen molar-refractivity contribution >= 4 is 16.7 Å². The molecule has 7 nitrogen and oxygen atoms in total. The van der Waals surface area contributed by atoms with Crippen molar-refractivity contribution in [1.29, 1.82) is 0 Å². The zero-order valence-electron chi connectivity index (χ0n) is 20.2. The number of piperidine rings is 1. The van der Waals surface area contributed by atoms with Gasteiger partial charge < -0.3 is 10.0 Å². The van der Waals surface area contributed by atoms with Crippen LogP contribution in [0.5, 0.6) is 5.75 Å². The second-order valence-corrected chi connectivity index (χ2v) is 10.9. The molecule has 3 aromatic heterocycles. The van der Waals surface area contributed by atoms with Gasteiger partial charge in [0.15, 0.2) is 11.6 Å². The molecule has 0 amide bonds. The Kier molecular flexibility index (Phi) is 5.07. The fourth-order valence-corrected chi connectivity index (χ4v) is 5.47. The van der Waals surface area contributed by atoms with Crippen LogP contribution in [0.2, 0.25) is 0 Å². The summed E-state index contributed by atoms with van der Waals surface area (Å²) in [5.41, 5.74) is 2.74. The fourth-order valence-electron chi connectivity index (χ4n) is 5.47. The molecule has 176 valence electrons. The highest BCUT2D eigenvalue weighted by molar-refractivity contribution is 5.85. The van der Waals surface area contributed by atoms with Crippen LogP contribution in [0.3, 0.4) is 0 Å². The lowest BCUT2D eigenvalue weighted by atomic mass is 9.71. The zero-order chi connectivity index (χ0) is 24.3. The summed E-state index contributed by atoms with van der Waals surface area (Å²) in [5, 5.41) is 24.3. The Bertz CT molecular complexity index is 1360. The monoisotopic (exact) mass is 460 g/mol. The Labute approximate surface area is 198 Å². The normalized spacial score (nSPS) is 17.3. The molecule has 1 aromatic carbocycles. The molecule has 8 heteroatoms. The van der Waals surface area contributed by atoms with Crippen LogP contribution >= 0.6 is 0 Å². The van der Waals surface area contributed by atoms with Gasteiger partial charge in [-0.3, -0.25) is 4.68 Å². The zero-order valence-corrected chi connectivity index (χ0v) is 20.2. The lowest BCUT2D eigenvalue weighted by Gasteiger charge is -2.47. The van der Waals surface area contributed by atoms with Gasteiger partial charge in [-0.05, 0) is 53.1 Å². The van der Waals surface area contributed by atoms with Crippen LogP contribution in [-0.2, 0) is 7.05 Å². The minimum absolute atomic E-state index is 0.0357. The highest BCUT2D eigenvalue weighted by Crippen LogP contribution is 2.41. The molecule has 1 aliphatic rings. The minimum Gasteiger partial charge on any atom is -0.506 e. The number of aryl methyl sites for hydroxylation is 1. The van der Waals surface area contributed by atoms with E-state index in [1.165, 1.54) is 6.07 Å². The topological polar surface area (TPSA) is 80.0 Å². The summed E-state index contributed by atoms with van der Waals surface area (Å²) in [6.07, 6.45) is 4.52. The minimum atomic E-state index is -0.415. The second kappa shape index (κ2) is 7.75. The van der Waals surface area contributed by atoms with Crippen LogP contribution in [0, 0.1) is 16.6 Å². The molecule has 0 unspecified atom stereocenters. The average Bonchev–Trinajstić information content (AvgIpc) is 3.12. The third kappa shape index (κ3) is 4.20. The predicted molar refractivity (Wildman–Crippen MR) is 131 cm³/mol. The van der Waals surface area contributed by atoms with Crippen molar-refractivity contribution in [3.8, 4) is 28.3 Å². The molecule has 0 saturated carbocycles. The van der Waals surface area contributed by atoms with Crippen LogP contribution in [0.15, 0.2) is 42.7 Å². The number of fused-ring (bicyclic) bond motifs is 1. The Hall–Kier alpha value is -3.55. The number of hydrogen-bond donors (Lipinski definition) is 1. The summed E-state index contributed by atoms with van der Waals surface area (Å²) in [7, 11) is 1.75. The molecule has 4 heterocycles. The van der Waals surface area contributed by atoms with Crippen molar-refractivity contribution in [1.82, 2.24) is 25.0 Å². The van der Waals surface area contributed by atoms with Gasteiger partial charge in [0.1, 0.15) is 22.7 Å². The van der Waals surface area contributed by atoms with Crippen LogP contribution in [0.1, 0.15) is 34.1 Å². The maximum atomic E-state index is 14.5. The Balaban J connectivity index is 1.42. The molecule has 1 N–H and O–H groups in total. The molecular formula is C26H29FN6O. The number of nitrogens with zero attached hydrogens (tertiary/aromatic N) is 6. The third-order valence-electron chi connectivity index (χ3n) is 6.29. The van der Waals surface area contributed by atoms with Gasteiger partial charge in [-0.15, -0.1) is 10.2 Å². The van der Waals surface area contributed by atoms with E-state index in [2.05, 4.69) is 52.9 Å². The van der Waals surface area contributed by atoms with E-state index in [0.717, 1.165) is 25.3 Å². The van der Waals surface area contributed by atoms with Crippen molar-refractivity contribution in [2.45, 2.75) is 34.1 Å². The molecule has 0 radical (unpaired) electrons. The van der Waals surface area contributed by atoms with Crippen molar-refractivity contribution < 1.29 is 9.50 Å². The average molecular weight is 461 g/mol. The van der Waals surface area contributed by atoms with E-state index in [0.29, 0.717) is 33.4 Å². The van der Waals surface area contributed by atoms with Gasteiger partial charge in [0.2, 0.25) is 0 Å². The van der Waals surface area contributed by atoms with Gasteiger partial charge in [0.25, 0.3) is 0 Å². The summed E-state index contributed by atoms with van der Waals surface area (Å²) >= 11 is 0. The molecule has 1 aliphatic heterocycles. The van der Waals surface area contributed by atoms with Crippen molar-refractivity contribution in [3.05, 3.63) is 48.5 Å². The van der Waals surface area contributed by atoms with Gasteiger partial charge in [-0.1, -0.05) is 27.7 Å². The van der Waals surface area contributed by atoms with Gasteiger partial charge in [0.05, 0.1) is 0 Å². The summed E-state index contributed by atoms with van der Waals surface area (Å²) in [4.78, 5) is 6.70. The summed E-state index contributed by atoms with van der Waals surface area (Å²) in [6.45, 7) is 11.0. The number of hydrogen-bond acceptors (Lipinski definition) is 6. The Morgan fingerprint density at radius 2 is 1.71 bits per heavy atom. The van der Waals surface area contributed by atoms with Gasteiger partial charge >= 0.3 is 0 Å². The van der Waals surface area contributed by atoms with Crippen LogP contribution in [0.25, 0.3) is 33.4 Å². The molecular weight excluding hydrogens is 431 g/mol. The quantitative estimate of drug-likeness (QED) is 0.453. The molecule has 1 fully saturated rings. The number of benzene rings is 1. The Morgan fingerprint density at radius 1 is 0.971 bits per heavy atom. The van der Waals surface area contributed by atoms with Crippen LogP contribution < -0.4 is 4.90 Å². The van der Waals surface area contributed by atoms with E-state index < -0.39 is 5.82 Å². The van der Waals surface area contributed by atoms with Gasteiger partial charge in [0, 0.05) is 43.5 Å². The van der Waals surface area contributed by atoms with E-state index in [4.69, 9.17) is 0 Å². The number of pyridine rings is 1. The SMILES string of the molecule is Cn1cc2cc(-c3cnc(-c4ccc(N5CC(C)(C)CC(C)(C)C5)nn4)c(O)c3)cc(F)c2n1. The molecule has 0 aliphatic carbocycles. The van der Waals surface area contributed by atoms with Gasteiger partial charge in [-0.2, -0.15) is 5.10 Å². The van der Waals surface area contributed by atoms with Crippen LogP contribution in [0.4, 0.5) is 10.2 Å². The predicted octanol–water partition coefficient (Wildman–Crippen LogP) is 5.20. The molecule has 0 atom stereocenters. The maximum Gasteiger partial charge on any atom is 0.151 e. The third-order valence-corrected chi connectivity index (χ3v) is 6.29. The van der Waals surface area contributed by atoms with E-state index in [-0.39, 0.29) is 16.6 Å². The molecule has 4 aromatic rings. The molecule has 0 spiro atoms. The summed E-state index contributed by atoms with van der Waals surface area (Å²) in [6, 6.07) is 8.57. The number of aromatic nitrogens is 5. The smallest absolute Gasteiger partial charge is 0.151 e. The van der Waals surface area contributed by atoms with Crippen LogP contribution in [-0.4, -0.2) is 43.2 Å². The number of rotatable bonds is 3. The first-order valence-corrected chi connectivity index (χ1v) is 11.4. The maximum absolute atomic E-state index is 14.5. The lowest BCUT2D eigenvalue weighted by Crippen LogP contribution is -2.49. The number of halogens is 1. The highest BCUT2D eigenvalue weighted by atomic mass is 19.1. The van der Waals surface area contributed by atoms with E-state index in [1.54, 1.807) is 30.2 Å². The largest absolute Gasteiger partial charge is 0.506 e. The van der Waals surface area contributed by atoms with Crippen molar-refractivity contribution in [2.24, 2.45) is 17.9 Å². The van der Waals surface area contributed by atoms with Crippen molar-refractivity contribution in [2.75, 3.05) is 18.0 Å². The molecule has 1 saturated heterocycles.